The number of thiophene rings is 1. The molecule has 0 bridgehead atoms. The lowest BCUT2D eigenvalue weighted by Crippen LogP contribution is -2.36. The molecular formula is C31H34N2O5S. The molecule has 0 aliphatic heterocycles. The van der Waals surface area contributed by atoms with Gasteiger partial charge in [-0.1, -0.05) is 42.5 Å². The Hall–Kier alpha value is -4.04. The molecule has 0 fully saturated rings. The Labute approximate surface area is 233 Å². The Balaban J connectivity index is 1.34. The summed E-state index contributed by atoms with van der Waals surface area (Å²) < 4.78 is 18.8. The molecule has 7 nitrogen and oxygen atoms in total. The van der Waals surface area contributed by atoms with Gasteiger partial charge in [-0.2, -0.15) is 0 Å². The molecule has 39 heavy (non-hydrogen) atoms. The molecule has 204 valence electrons. The zero-order valence-corrected chi connectivity index (χ0v) is 23.4. The van der Waals surface area contributed by atoms with Crippen LogP contribution in [0.3, 0.4) is 0 Å². The molecule has 2 heterocycles. The van der Waals surface area contributed by atoms with Crippen LogP contribution >= 0.6 is 11.3 Å². The number of nitrogens with zero attached hydrogens (tertiary/aromatic N) is 2. The van der Waals surface area contributed by atoms with Crippen LogP contribution in [-0.2, 0) is 34.0 Å². The highest BCUT2D eigenvalue weighted by molar-refractivity contribution is 7.15. The van der Waals surface area contributed by atoms with Gasteiger partial charge in [0.05, 0.1) is 23.7 Å². The van der Waals surface area contributed by atoms with Crippen LogP contribution in [0.25, 0.3) is 10.6 Å². The highest BCUT2D eigenvalue weighted by atomic mass is 32.1. The van der Waals surface area contributed by atoms with Gasteiger partial charge in [-0.25, -0.2) is 4.79 Å². The van der Waals surface area contributed by atoms with Gasteiger partial charge < -0.3 is 18.8 Å². The second kappa shape index (κ2) is 13.7. The van der Waals surface area contributed by atoms with Gasteiger partial charge in [0.15, 0.2) is 0 Å². The van der Waals surface area contributed by atoms with Crippen molar-refractivity contribution in [3.63, 3.8) is 0 Å². The number of esters is 1. The minimum atomic E-state index is -0.578. The van der Waals surface area contributed by atoms with Crippen molar-refractivity contribution in [2.24, 2.45) is 0 Å². The molecule has 2 aromatic heterocycles. The number of carbonyl (C=O) groups excluding carboxylic acids is 2. The lowest BCUT2D eigenvalue weighted by Gasteiger charge is -2.21. The number of rotatable bonds is 12. The SMILES string of the molecule is CCOC(=O)CN(Cc1ccc(OCCn2c(C)ccc2-c2ccc(C)s2)cc1)C(=O)OCc1ccccc1. The van der Waals surface area contributed by atoms with Crippen LogP contribution in [0.5, 0.6) is 5.75 Å². The van der Waals surface area contributed by atoms with Crippen LogP contribution in [0.4, 0.5) is 4.79 Å². The topological polar surface area (TPSA) is 70.0 Å². The highest BCUT2D eigenvalue weighted by Gasteiger charge is 2.20. The molecule has 0 unspecified atom stereocenters. The first-order chi connectivity index (χ1) is 18.9. The van der Waals surface area contributed by atoms with Gasteiger partial charge in [0.25, 0.3) is 0 Å². The molecule has 0 N–H and O–H groups in total. The van der Waals surface area contributed by atoms with Gasteiger partial charge in [0, 0.05) is 17.1 Å². The summed E-state index contributed by atoms with van der Waals surface area (Å²) in [6, 6.07) is 25.5. The summed E-state index contributed by atoms with van der Waals surface area (Å²) in [6.45, 7) is 7.59. The Kier molecular flexibility index (Phi) is 9.80. The molecule has 2 aromatic carbocycles. The number of aryl methyl sites for hydroxylation is 2. The van der Waals surface area contributed by atoms with E-state index in [1.807, 2.05) is 54.6 Å². The normalized spacial score (nSPS) is 10.7. The molecule has 4 rings (SSSR count). The van der Waals surface area contributed by atoms with Gasteiger partial charge in [-0.05, 0) is 68.3 Å². The molecule has 0 aliphatic carbocycles. The van der Waals surface area contributed by atoms with Crippen LogP contribution in [-0.4, -0.2) is 41.3 Å². The minimum absolute atomic E-state index is 0.125. The Morgan fingerprint density at radius 3 is 2.33 bits per heavy atom. The smallest absolute Gasteiger partial charge is 0.410 e. The third-order valence-electron chi connectivity index (χ3n) is 6.16. The van der Waals surface area contributed by atoms with E-state index in [0.717, 1.165) is 23.4 Å². The van der Waals surface area contributed by atoms with Crippen molar-refractivity contribution in [1.82, 2.24) is 9.47 Å². The van der Waals surface area contributed by atoms with Crippen molar-refractivity contribution in [3.8, 4) is 16.3 Å². The lowest BCUT2D eigenvalue weighted by atomic mass is 10.2. The van der Waals surface area contributed by atoms with Crippen molar-refractivity contribution < 1.29 is 23.8 Å². The van der Waals surface area contributed by atoms with Gasteiger partial charge in [0.1, 0.15) is 25.5 Å². The summed E-state index contributed by atoms with van der Waals surface area (Å²) in [5.74, 6) is 0.257. The van der Waals surface area contributed by atoms with Crippen LogP contribution in [0.2, 0.25) is 0 Å². The maximum atomic E-state index is 12.8. The fourth-order valence-electron chi connectivity index (χ4n) is 4.18. The van der Waals surface area contributed by atoms with Crippen LogP contribution in [0.15, 0.2) is 78.9 Å². The predicted molar refractivity (Wildman–Crippen MR) is 153 cm³/mol. The number of benzene rings is 2. The predicted octanol–water partition coefficient (Wildman–Crippen LogP) is 6.61. The van der Waals surface area contributed by atoms with Gasteiger partial charge in [-0.3, -0.25) is 9.69 Å². The average molecular weight is 547 g/mol. The quantitative estimate of drug-likeness (QED) is 0.187. The summed E-state index contributed by atoms with van der Waals surface area (Å²) in [5, 5.41) is 0. The van der Waals surface area contributed by atoms with Gasteiger partial charge >= 0.3 is 12.1 Å². The fourth-order valence-corrected chi connectivity index (χ4v) is 5.08. The molecule has 0 aliphatic rings. The fraction of sp³-hybridized carbons (Fsp3) is 0.290. The Morgan fingerprint density at radius 1 is 0.872 bits per heavy atom. The van der Waals surface area contributed by atoms with Crippen molar-refractivity contribution in [3.05, 3.63) is 101 Å². The number of ether oxygens (including phenoxy) is 3. The summed E-state index contributed by atoms with van der Waals surface area (Å²) in [7, 11) is 0. The number of amides is 1. The van der Waals surface area contributed by atoms with E-state index in [2.05, 4.69) is 42.7 Å². The van der Waals surface area contributed by atoms with Crippen molar-refractivity contribution in [2.75, 3.05) is 19.8 Å². The monoisotopic (exact) mass is 546 g/mol. The third-order valence-corrected chi connectivity index (χ3v) is 7.18. The maximum absolute atomic E-state index is 12.8. The van der Waals surface area contributed by atoms with Crippen LogP contribution in [0.1, 0.15) is 28.6 Å². The van der Waals surface area contributed by atoms with E-state index in [-0.39, 0.29) is 26.3 Å². The average Bonchev–Trinajstić information content (AvgIpc) is 3.53. The van der Waals surface area contributed by atoms with Crippen molar-refractivity contribution in [1.29, 1.82) is 0 Å². The summed E-state index contributed by atoms with van der Waals surface area (Å²) in [6.07, 6.45) is -0.578. The number of aromatic nitrogens is 1. The van der Waals surface area contributed by atoms with Crippen LogP contribution in [0, 0.1) is 13.8 Å². The van der Waals surface area contributed by atoms with E-state index in [1.165, 1.54) is 26.0 Å². The Bertz CT molecular complexity index is 1360. The van der Waals surface area contributed by atoms with E-state index in [0.29, 0.717) is 6.61 Å². The first kappa shape index (κ1) is 28.0. The third kappa shape index (κ3) is 7.97. The minimum Gasteiger partial charge on any atom is -0.492 e. The second-order valence-electron chi connectivity index (χ2n) is 9.12. The molecule has 8 heteroatoms. The summed E-state index contributed by atoms with van der Waals surface area (Å²) in [4.78, 5) is 28.8. The number of hydrogen-bond acceptors (Lipinski definition) is 6. The Morgan fingerprint density at radius 2 is 1.64 bits per heavy atom. The molecular weight excluding hydrogens is 512 g/mol. The van der Waals surface area contributed by atoms with E-state index >= 15 is 0 Å². The standard InChI is InChI=1S/C31H34N2O5S/c1-4-36-30(34)21-32(31(35)38-22-26-8-6-5-7-9-26)20-25-12-14-27(15-13-25)37-19-18-33-23(2)10-16-28(33)29-17-11-24(3)39-29/h5-17H,4,18-22H2,1-3H3. The van der Waals surface area contributed by atoms with E-state index in [4.69, 9.17) is 14.2 Å². The van der Waals surface area contributed by atoms with Gasteiger partial charge in [0.2, 0.25) is 0 Å². The summed E-state index contributed by atoms with van der Waals surface area (Å²) in [5.41, 5.74) is 4.11. The maximum Gasteiger partial charge on any atom is 0.410 e. The molecule has 0 radical (unpaired) electrons. The zero-order valence-electron chi connectivity index (χ0n) is 22.6. The number of hydrogen-bond donors (Lipinski definition) is 0. The first-order valence-corrected chi connectivity index (χ1v) is 13.8. The first-order valence-electron chi connectivity index (χ1n) is 13.0. The molecule has 0 atom stereocenters. The largest absolute Gasteiger partial charge is 0.492 e. The molecule has 4 aromatic rings. The lowest BCUT2D eigenvalue weighted by molar-refractivity contribution is -0.144. The molecule has 0 saturated carbocycles. The number of carbonyl (C=O) groups is 2. The zero-order chi connectivity index (χ0) is 27.6. The van der Waals surface area contributed by atoms with Gasteiger partial charge in [-0.15, -0.1) is 11.3 Å². The highest BCUT2D eigenvalue weighted by Crippen LogP contribution is 2.29. The van der Waals surface area contributed by atoms with E-state index in [1.54, 1.807) is 18.3 Å². The van der Waals surface area contributed by atoms with Crippen LogP contribution < -0.4 is 4.74 Å². The molecule has 1 amide bonds. The molecule has 0 spiro atoms. The summed E-state index contributed by atoms with van der Waals surface area (Å²) >= 11 is 1.79. The van der Waals surface area contributed by atoms with Crippen molar-refractivity contribution >= 4 is 23.4 Å². The molecule has 0 saturated heterocycles. The second-order valence-corrected chi connectivity index (χ2v) is 10.4. The van der Waals surface area contributed by atoms with E-state index < -0.39 is 12.1 Å². The van der Waals surface area contributed by atoms with Crippen molar-refractivity contribution in [2.45, 2.75) is 40.5 Å². The van der Waals surface area contributed by atoms with E-state index in [9.17, 15) is 9.59 Å².